The molecule has 0 aliphatic carbocycles. The highest BCUT2D eigenvalue weighted by atomic mass is 16.5. The smallest absolute Gasteiger partial charge is 0.122 e. The minimum atomic E-state index is 0.248. The minimum Gasteiger partial charge on any atom is -0.496 e. The van der Waals surface area contributed by atoms with Crippen molar-refractivity contribution in [3.63, 3.8) is 0 Å². The van der Waals surface area contributed by atoms with Crippen LogP contribution in [0.2, 0.25) is 0 Å². The third-order valence-corrected chi connectivity index (χ3v) is 4.97. The topological polar surface area (TPSA) is 9.23 Å². The summed E-state index contributed by atoms with van der Waals surface area (Å²) in [6, 6.07) is 34.3. The van der Waals surface area contributed by atoms with Crippen LogP contribution in [0.15, 0.2) is 97.1 Å². The molecule has 0 aromatic heterocycles. The van der Waals surface area contributed by atoms with Crippen LogP contribution in [0.5, 0.6) is 5.75 Å². The second kappa shape index (κ2) is 7.45. The molecule has 4 aromatic carbocycles. The monoisotopic (exact) mass is 338 g/mol. The molecule has 4 rings (SSSR count). The lowest BCUT2D eigenvalue weighted by Crippen LogP contribution is -2.07. The van der Waals surface area contributed by atoms with Crippen molar-refractivity contribution in [3.8, 4) is 5.75 Å². The molecule has 0 unspecified atom stereocenters. The Bertz CT molecular complexity index is 1000. The fourth-order valence-corrected chi connectivity index (χ4v) is 3.64. The van der Waals surface area contributed by atoms with E-state index >= 15 is 0 Å². The van der Waals surface area contributed by atoms with Crippen LogP contribution in [-0.4, -0.2) is 7.11 Å². The number of benzene rings is 4. The van der Waals surface area contributed by atoms with Gasteiger partial charge in [-0.2, -0.15) is 0 Å². The first-order chi connectivity index (χ1) is 12.8. The zero-order valence-corrected chi connectivity index (χ0v) is 14.9. The van der Waals surface area contributed by atoms with Crippen LogP contribution in [0.25, 0.3) is 10.8 Å². The molecule has 0 aliphatic rings. The summed E-state index contributed by atoms with van der Waals surface area (Å²) in [5, 5.41) is 2.55. The van der Waals surface area contributed by atoms with E-state index in [0.29, 0.717) is 0 Å². The van der Waals surface area contributed by atoms with Gasteiger partial charge in [0.15, 0.2) is 0 Å². The lowest BCUT2D eigenvalue weighted by atomic mass is 9.84. The maximum atomic E-state index is 5.67. The Morgan fingerprint density at radius 2 is 1.38 bits per heavy atom. The molecule has 0 radical (unpaired) electrons. The average molecular weight is 338 g/mol. The summed E-state index contributed by atoms with van der Waals surface area (Å²) in [6.07, 6.45) is 0.944. The highest BCUT2D eigenvalue weighted by Gasteiger charge is 2.19. The molecule has 0 fully saturated rings. The van der Waals surface area contributed by atoms with Gasteiger partial charge in [-0.1, -0.05) is 91.0 Å². The molecule has 1 heteroatoms. The molecule has 0 amide bonds. The molecule has 1 atom stereocenters. The fourth-order valence-electron chi connectivity index (χ4n) is 3.64. The van der Waals surface area contributed by atoms with Gasteiger partial charge in [0.2, 0.25) is 0 Å². The Balaban J connectivity index is 1.83. The van der Waals surface area contributed by atoms with Gasteiger partial charge in [-0.05, 0) is 34.4 Å². The largest absolute Gasteiger partial charge is 0.496 e. The molecule has 4 aromatic rings. The van der Waals surface area contributed by atoms with Crippen molar-refractivity contribution in [1.29, 1.82) is 0 Å². The van der Waals surface area contributed by atoms with Gasteiger partial charge in [0.05, 0.1) is 7.11 Å². The van der Waals surface area contributed by atoms with Crippen molar-refractivity contribution in [2.24, 2.45) is 0 Å². The van der Waals surface area contributed by atoms with Crippen molar-refractivity contribution >= 4 is 10.8 Å². The van der Waals surface area contributed by atoms with Gasteiger partial charge in [-0.15, -0.1) is 0 Å². The zero-order valence-electron chi connectivity index (χ0n) is 14.9. The first-order valence-electron chi connectivity index (χ1n) is 9.00. The molecule has 1 nitrogen and oxygen atoms in total. The molecule has 0 aliphatic heterocycles. The third kappa shape index (κ3) is 3.34. The molecule has 0 saturated carbocycles. The van der Waals surface area contributed by atoms with Crippen molar-refractivity contribution in [2.75, 3.05) is 7.11 Å². The normalized spacial score (nSPS) is 12.0. The van der Waals surface area contributed by atoms with Crippen LogP contribution in [0.3, 0.4) is 0 Å². The van der Waals surface area contributed by atoms with E-state index in [-0.39, 0.29) is 5.92 Å². The molecule has 0 saturated heterocycles. The molecule has 26 heavy (non-hydrogen) atoms. The van der Waals surface area contributed by atoms with Crippen LogP contribution in [0, 0.1) is 0 Å². The second-order valence-corrected chi connectivity index (χ2v) is 6.59. The standard InChI is InChI=1S/C25H22O/c1-26-25-14-8-7-13-23(25)24(17-19-9-3-2-4-10-19)22-16-15-20-11-5-6-12-21(20)18-22/h2-16,18,24H,17H2,1H3/t24-/m0/s1. The minimum absolute atomic E-state index is 0.248. The number of hydrogen-bond acceptors (Lipinski definition) is 1. The Hall–Kier alpha value is -3.06. The van der Waals surface area contributed by atoms with E-state index in [1.165, 1.54) is 27.5 Å². The van der Waals surface area contributed by atoms with E-state index < -0.39 is 0 Å². The average Bonchev–Trinajstić information content (AvgIpc) is 2.72. The summed E-state index contributed by atoms with van der Waals surface area (Å²) in [7, 11) is 1.75. The van der Waals surface area contributed by atoms with E-state index in [0.717, 1.165) is 12.2 Å². The van der Waals surface area contributed by atoms with Crippen LogP contribution in [0.4, 0.5) is 0 Å². The van der Waals surface area contributed by atoms with E-state index in [9.17, 15) is 0 Å². The quantitative estimate of drug-likeness (QED) is 0.419. The van der Waals surface area contributed by atoms with Crippen molar-refractivity contribution < 1.29 is 4.74 Å². The lowest BCUT2D eigenvalue weighted by Gasteiger charge is -2.21. The summed E-state index contributed by atoms with van der Waals surface area (Å²) in [5.41, 5.74) is 3.88. The highest BCUT2D eigenvalue weighted by Crippen LogP contribution is 2.35. The van der Waals surface area contributed by atoms with Crippen molar-refractivity contribution in [3.05, 3.63) is 114 Å². The summed E-state index contributed by atoms with van der Waals surface area (Å²) < 4.78 is 5.67. The molecule has 0 N–H and O–H groups in total. The number of fused-ring (bicyclic) bond motifs is 1. The second-order valence-electron chi connectivity index (χ2n) is 6.59. The van der Waals surface area contributed by atoms with E-state index in [2.05, 4.69) is 84.9 Å². The Kier molecular flexibility index (Phi) is 4.70. The van der Waals surface area contributed by atoms with Crippen LogP contribution in [0.1, 0.15) is 22.6 Å². The summed E-state index contributed by atoms with van der Waals surface area (Å²) in [6.45, 7) is 0. The Morgan fingerprint density at radius 1 is 0.692 bits per heavy atom. The Labute approximate surface area is 154 Å². The van der Waals surface area contributed by atoms with Crippen LogP contribution in [-0.2, 0) is 6.42 Å². The lowest BCUT2D eigenvalue weighted by molar-refractivity contribution is 0.407. The highest BCUT2D eigenvalue weighted by molar-refractivity contribution is 5.83. The maximum absolute atomic E-state index is 5.67. The number of para-hydroxylation sites is 1. The van der Waals surface area contributed by atoms with Crippen molar-refractivity contribution in [2.45, 2.75) is 12.3 Å². The van der Waals surface area contributed by atoms with E-state index in [1.807, 2.05) is 12.1 Å². The summed E-state index contributed by atoms with van der Waals surface area (Å²) in [4.78, 5) is 0. The van der Waals surface area contributed by atoms with E-state index in [4.69, 9.17) is 4.74 Å². The predicted octanol–water partition coefficient (Wildman–Crippen LogP) is 6.22. The first-order valence-corrected chi connectivity index (χ1v) is 9.00. The van der Waals surface area contributed by atoms with Crippen LogP contribution < -0.4 is 4.74 Å². The Morgan fingerprint density at radius 3 is 2.19 bits per heavy atom. The van der Waals surface area contributed by atoms with Gasteiger partial charge in [0, 0.05) is 11.5 Å². The zero-order chi connectivity index (χ0) is 17.8. The van der Waals surface area contributed by atoms with E-state index in [1.54, 1.807) is 7.11 Å². The van der Waals surface area contributed by atoms with Crippen molar-refractivity contribution in [1.82, 2.24) is 0 Å². The first kappa shape index (κ1) is 16.4. The molecular formula is C25H22O. The molecule has 0 bridgehead atoms. The van der Waals surface area contributed by atoms with Gasteiger partial charge in [-0.3, -0.25) is 0 Å². The number of methoxy groups -OCH3 is 1. The van der Waals surface area contributed by atoms with Gasteiger partial charge >= 0.3 is 0 Å². The van der Waals surface area contributed by atoms with Gasteiger partial charge in [0.1, 0.15) is 5.75 Å². The molecule has 128 valence electrons. The van der Waals surface area contributed by atoms with Gasteiger partial charge in [-0.25, -0.2) is 0 Å². The molecule has 0 spiro atoms. The summed E-state index contributed by atoms with van der Waals surface area (Å²) in [5.74, 6) is 1.19. The number of rotatable bonds is 5. The molecule has 0 heterocycles. The van der Waals surface area contributed by atoms with Crippen LogP contribution >= 0.6 is 0 Å². The maximum Gasteiger partial charge on any atom is 0.122 e. The van der Waals surface area contributed by atoms with Gasteiger partial charge in [0.25, 0.3) is 0 Å². The SMILES string of the molecule is COc1ccccc1[C@@H](Cc1ccccc1)c1ccc2ccccc2c1. The molecular weight excluding hydrogens is 316 g/mol. The van der Waals surface area contributed by atoms with Gasteiger partial charge < -0.3 is 4.74 Å². The predicted molar refractivity (Wildman–Crippen MR) is 109 cm³/mol. The summed E-state index contributed by atoms with van der Waals surface area (Å²) >= 11 is 0. The fraction of sp³-hybridized carbons (Fsp3) is 0.120. The number of hydrogen-bond donors (Lipinski definition) is 0. The third-order valence-electron chi connectivity index (χ3n) is 4.97. The number of ether oxygens (including phenoxy) is 1.